The van der Waals surface area contributed by atoms with E-state index < -0.39 is 56.1 Å². The number of fused-ring (bicyclic) bond motifs is 1. The van der Waals surface area contributed by atoms with Gasteiger partial charge in [0.1, 0.15) is 24.8 Å². The smallest absolute Gasteiger partial charge is 0.422 e. The van der Waals surface area contributed by atoms with Crippen LogP contribution in [0.2, 0.25) is 0 Å². The number of hydrogen-bond donors (Lipinski definition) is 2. The average molecular weight is 505 g/mol. The zero-order valence-corrected chi connectivity index (χ0v) is 16.7. The first-order valence-electron chi connectivity index (χ1n) is 9.04. The lowest BCUT2D eigenvalue weighted by Crippen LogP contribution is -2.28. The lowest BCUT2D eigenvalue weighted by atomic mass is 10.2. The normalized spacial score (nSPS) is 13.2. The van der Waals surface area contributed by atoms with E-state index in [0.29, 0.717) is 0 Å². The number of nitrogens with zero attached hydrogens (tertiary/aromatic N) is 2. The van der Waals surface area contributed by atoms with E-state index in [9.17, 15) is 44.7 Å². The maximum Gasteiger partial charge on any atom is 0.422 e. The number of amides is 1. The van der Waals surface area contributed by atoms with E-state index in [1.54, 1.807) is 0 Å². The van der Waals surface area contributed by atoms with E-state index in [-0.39, 0.29) is 29.2 Å². The van der Waals surface area contributed by atoms with Crippen LogP contribution in [0.5, 0.6) is 11.8 Å². The van der Waals surface area contributed by atoms with Gasteiger partial charge in [0.2, 0.25) is 5.91 Å². The molecule has 188 valence electrons. The molecule has 0 saturated heterocycles. The van der Waals surface area contributed by atoms with Gasteiger partial charge in [0, 0.05) is 0 Å². The van der Waals surface area contributed by atoms with Gasteiger partial charge < -0.3 is 19.9 Å². The van der Waals surface area contributed by atoms with Gasteiger partial charge in [0.15, 0.2) is 6.61 Å². The minimum Gasteiger partial charge on any atom is -0.488 e. The van der Waals surface area contributed by atoms with Crippen LogP contribution in [0.15, 0.2) is 29.1 Å². The number of benzene rings is 1. The number of ether oxygens (including phenoxy) is 2. The summed E-state index contributed by atoms with van der Waals surface area (Å²) in [4.78, 5) is 28.0. The SMILES string of the molecule is O=C1Cc2c(nc(OCC(F)(F)F)n(-c3ccc(OCC(F)F)cc3)c2=O)N1.OCC(F)(F)F. The number of carbonyl (C=O) groups is 1. The standard InChI is InChI=1S/C16H12F5N3O4.C2H3F3O/c17-11(18)6-27-9-3-1-8(2-4-9)24-14(26)10-5-12(25)22-13(10)23-15(24)28-7-16(19,20)21;3-2(4,5)1-6/h1-4,11H,5-7H2,(H,22,25);6H,1H2. The summed E-state index contributed by atoms with van der Waals surface area (Å²) in [6.45, 7) is -4.28. The molecular formula is C18H15F8N3O5. The van der Waals surface area contributed by atoms with Gasteiger partial charge in [0.25, 0.3) is 12.0 Å². The topological polar surface area (TPSA) is 103 Å². The minimum atomic E-state index is -4.68. The number of alkyl halides is 8. The highest BCUT2D eigenvalue weighted by molar-refractivity contribution is 5.97. The van der Waals surface area contributed by atoms with Crippen LogP contribution >= 0.6 is 0 Å². The molecule has 0 unspecified atom stereocenters. The van der Waals surface area contributed by atoms with Crippen molar-refractivity contribution in [2.45, 2.75) is 25.2 Å². The second kappa shape index (κ2) is 10.7. The molecule has 1 aliphatic heterocycles. The lowest BCUT2D eigenvalue weighted by Gasteiger charge is -2.15. The summed E-state index contributed by atoms with van der Waals surface area (Å²) in [7, 11) is 0. The highest BCUT2D eigenvalue weighted by Gasteiger charge is 2.32. The Morgan fingerprint density at radius 1 is 1.03 bits per heavy atom. The number of hydrogen-bond acceptors (Lipinski definition) is 6. The number of anilines is 1. The van der Waals surface area contributed by atoms with E-state index in [1.165, 1.54) is 24.3 Å². The van der Waals surface area contributed by atoms with Gasteiger partial charge in [-0.3, -0.25) is 9.59 Å². The molecule has 0 aliphatic carbocycles. The Bertz CT molecular complexity index is 1050. The van der Waals surface area contributed by atoms with E-state index >= 15 is 0 Å². The average Bonchev–Trinajstić information content (AvgIpc) is 3.11. The molecule has 1 aromatic heterocycles. The quantitative estimate of drug-likeness (QED) is 0.586. The van der Waals surface area contributed by atoms with E-state index in [0.717, 1.165) is 4.57 Å². The van der Waals surface area contributed by atoms with Gasteiger partial charge in [-0.1, -0.05) is 0 Å². The van der Waals surface area contributed by atoms with Gasteiger partial charge in [-0.25, -0.2) is 13.3 Å². The molecular weight excluding hydrogens is 490 g/mol. The lowest BCUT2D eigenvalue weighted by molar-refractivity contribution is -0.159. The van der Waals surface area contributed by atoms with Crippen LogP contribution in [-0.2, 0) is 11.2 Å². The largest absolute Gasteiger partial charge is 0.488 e. The molecule has 2 heterocycles. The second-order valence-corrected chi connectivity index (χ2v) is 6.46. The first-order chi connectivity index (χ1) is 15.7. The summed E-state index contributed by atoms with van der Waals surface area (Å²) in [5.74, 6) is -0.629. The maximum atomic E-state index is 12.7. The molecule has 8 nitrogen and oxygen atoms in total. The molecule has 2 N–H and O–H groups in total. The van der Waals surface area contributed by atoms with Crippen LogP contribution in [0, 0.1) is 0 Å². The first-order valence-corrected chi connectivity index (χ1v) is 9.04. The molecule has 0 spiro atoms. The highest BCUT2D eigenvalue weighted by Crippen LogP contribution is 2.25. The number of aromatic nitrogens is 2. The van der Waals surface area contributed by atoms with Crippen LogP contribution in [0.3, 0.4) is 0 Å². The van der Waals surface area contributed by atoms with Gasteiger partial charge in [-0.2, -0.15) is 31.3 Å². The Hall–Kier alpha value is -3.43. The molecule has 0 radical (unpaired) electrons. The molecule has 1 aliphatic rings. The fourth-order valence-corrected chi connectivity index (χ4v) is 2.46. The molecule has 1 amide bonds. The number of aliphatic hydroxyl groups excluding tert-OH is 1. The van der Waals surface area contributed by atoms with Crippen molar-refractivity contribution in [2.24, 2.45) is 0 Å². The van der Waals surface area contributed by atoms with Gasteiger partial charge in [-0.05, 0) is 24.3 Å². The fourth-order valence-electron chi connectivity index (χ4n) is 2.46. The van der Waals surface area contributed by atoms with Crippen molar-refractivity contribution < 1.29 is 54.5 Å². The predicted octanol–water partition coefficient (Wildman–Crippen LogP) is 2.85. The Morgan fingerprint density at radius 2 is 1.62 bits per heavy atom. The molecule has 3 rings (SSSR count). The number of carbonyl (C=O) groups excluding carboxylic acids is 1. The Morgan fingerprint density at radius 3 is 2.12 bits per heavy atom. The van der Waals surface area contributed by atoms with Crippen LogP contribution in [0.25, 0.3) is 5.69 Å². The molecule has 0 saturated carbocycles. The van der Waals surface area contributed by atoms with E-state index in [1.807, 2.05) is 0 Å². The van der Waals surface area contributed by atoms with Crippen molar-refractivity contribution in [3.8, 4) is 17.4 Å². The minimum absolute atomic E-state index is 0.0256. The van der Waals surface area contributed by atoms with Crippen LogP contribution in [-0.4, -0.2) is 59.2 Å². The maximum absolute atomic E-state index is 12.7. The summed E-state index contributed by atoms with van der Waals surface area (Å²) < 4.78 is 104. The molecule has 34 heavy (non-hydrogen) atoms. The van der Waals surface area contributed by atoms with Crippen molar-refractivity contribution in [2.75, 3.05) is 25.1 Å². The first kappa shape index (κ1) is 26.8. The zero-order valence-electron chi connectivity index (χ0n) is 16.7. The molecule has 0 fully saturated rings. The Balaban J connectivity index is 0.000000604. The summed E-state index contributed by atoms with van der Waals surface area (Å²) in [5, 5.41) is 9.55. The van der Waals surface area contributed by atoms with Gasteiger partial charge >= 0.3 is 18.4 Å². The molecule has 16 heteroatoms. The van der Waals surface area contributed by atoms with Gasteiger partial charge in [0.05, 0.1) is 17.7 Å². The van der Waals surface area contributed by atoms with Crippen molar-refractivity contribution in [1.29, 1.82) is 0 Å². The zero-order chi connectivity index (χ0) is 25.7. The van der Waals surface area contributed by atoms with Gasteiger partial charge in [-0.15, -0.1) is 0 Å². The second-order valence-electron chi connectivity index (χ2n) is 6.46. The number of rotatable bonds is 6. The van der Waals surface area contributed by atoms with Crippen LogP contribution in [0.1, 0.15) is 5.56 Å². The third-order valence-electron chi connectivity index (χ3n) is 3.76. The monoisotopic (exact) mass is 505 g/mol. The van der Waals surface area contributed by atoms with E-state index in [4.69, 9.17) is 9.84 Å². The summed E-state index contributed by atoms with van der Waals surface area (Å²) in [6.07, 6.45) is -12.1. The number of halogens is 8. The summed E-state index contributed by atoms with van der Waals surface area (Å²) in [6, 6.07) is 4.37. The third kappa shape index (κ3) is 7.86. The third-order valence-corrected chi connectivity index (χ3v) is 3.76. The van der Waals surface area contributed by atoms with Crippen LogP contribution in [0.4, 0.5) is 40.9 Å². The number of nitrogens with one attached hydrogen (secondary N) is 1. The molecule has 2 aromatic rings. The summed E-state index contributed by atoms with van der Waals surface area (Å²) >= 11 is 0. The Kier molecular flexibility index (Phi) is 8.41. The number of aliphatic hydroxyl groups is 1. The van der Waals surface area contributed by atoms with Crippen molar-refractivity contribution in [3.05, 3.63) is 40.2 Å². The molecule has 0 bridgehead atoms. The summed E-state index contributed by atoms with van der Waals surface area (Å²) in [5.41, 5.74) is -0.759. The fraction of sp³-hybridized carbons (Fsp3) is 0.389. The van der Waals surface area contributed by atoms with Crippen molar-refractivity contribution >= 4 is 11.7 Å². The van der Waals surface area contributed by atoms with E-state index in [2.05, 4.69) is 15.0 Å². The predicted molar refractivity (Wildman–Crippen MR) is 98.4 cm³/mol. The highest BCUT2D eigenvalue weighted by atomic mass is 19.4. The Labute approximate surface area is 184 Å². The molecule has 0 atom stereocenters. The van der Waals surface area contributed by atoms with Crippen molar-refractivity contribution in [1.82, 2.24) is 9.55 Å². The molecule has 1 aromatic carbocycles. The van der Waals surface area contributed by atoms with Crippen LogP contribution < -0.4 is 20.3 Å². The van der Waals surface area contributed by atoms with Crippen molar-refractivity contribution in [3.63, 3.8) is 0 Å².